The van der Waals surface area contributed by atoms with Gasteiger partial charge in [-0.25, -0.2) is 18.8 Å². The predicted molar refractivity (Wildman–Crippen MR) is 137 cm³/mol. The Hall–Kier alpha value is -2.81. The average molecular weight is 534 g/mol. The molecule has 0 aliphatic carbocycles. The van der Waals surface area contributed by atoms with Crippen LogP contribution in [-0.2, 0) is 19.1 Å². The molecule has 2 aliphatic rings. The van der Waals surface area contributed by atoms with Crippen LogP contribution < -0.4 is 16.0 Å². The van der Waals surface area contributed by atoms with E-state index in [2.05, 4.69) is 22.5 Å². The van der Waals surface area contributed by atoms with Crippen molar-refractivity contribution in [2.45, 2.75) is 110 Å². The molecule has 2 saturated heterocycles. The number of unbranched alkanes of at least 4 members (excludes halogenated alkanes) is 1. The molecular formula is C25H45F2N5O5. The summed E-state index contributed by atoms with van der Waals surface area (Å²) in [4.78, 5) is 44.9. The van der Waals surface area contributed by atoms with E-state index in [0.717, 1.165) is 38.5 Å². The molecule has 12 heteroatoms. The Labute approximate surface area is 219 Å². The van der Waals surface area contributed by atoms with E-state index in [4.69, 9.17) is 10.00 Å². The van der Waals surface area contributed by atoms with Crippen molar-refractivity contribution in [3.05, 3.63) is 0 Å². The number of hydrogen-bond acceptors (Lipinski definition) is 7. The molecule has 0 aromatic carbocycles. The van der Waals surface area contributed by atoms with Crippen LogP contribution in [-0.4, -0.2) is 78.9 Å². The van der Waals surface area contributed by atoms with Crippen LogP contribution in [0.15, 0.2) is 0 Å². The molecular weight excluding hydrogens is 488 g/mol. The Balaban J connectivity index is 0. The number of carbonyl (C=O) groups excluding carboxylic acids is 4. The van der Waals surface area contributed by atoms with Gasteiger partial charge in [0.05, 0.1) is 18.6 Å². The third-order valence-electron chi connectivity index (χ3n) is 4.88. The molecule has 2 heterocycles. The number of alkyl carbamates (subject to hydrolysis) is 1. The van der Waals surface area contributed by atoms with Gasteiger partial charge in [-0.15, -0.1) is 0 Å². The second-order valence-electron chi connectivity index (χ2n) is 10.1. The highest BCUT2D eigenvalue weighted by Gasteiger charge is 2.46. The lowest BCUT2D eigenvalue weighted by Crippen LogP contribution is -2.43. The number of aldehydes is 1. The smallest absolute Gasteiger partial charge is 0.408 e. The fourth-order valence-corrected chi connectivity index (χ4v) is 3.27. The summed E-state index contributed by atoms with van der Waals surface area (Å²) in [6.45, 7) is 15.1. The van der Waals surface area contributed by atoms with Gasteiger partial charge in [0.15, 0.2) is 0 Å². The summed E-state index contributed by atoms with van der Waals surface area (Å²) >= 11 is 0. The van der Waals surface area contributed by atoms with E-state index < -0.39 is 29.7 Å². The SMILES string of the molecule is C#N.CC(C)NC(=O)C1CC(F)(F)CN1C.CCCC[C@@H](C=O)NC(=O)OC(C)(C)C.O=C1CCCN1. The van der Waals surface area contributed by atoms with Crippen molar-refractivity contribution in [2.75, 3.05) is 20.1 Å². The van der Waals surface area contributed by atoms with Crippen molar-refractivity contribution in [2.24, 2.45) is 0 Å². The molecule has 3 N–H and O–H groups in total. The minimum absolute atomic E-state index is 0.00915. The lowest BCUT2D eigenvalue weighted by molar-refractivity contribution is -0.125. The second kappa shape index (κ2) is 18.4. The van der Waals surface area contributed by atoms with Crippen LogP contribution in [0.25, 0.3) is 0 Å². The number of hydrogen-bond donors (Lipinski definition) is 3. The van der Waals surface area contributed by atoms with Crippen molar-refractivity contribution in [1.82, 2.24) is 20.9 Å². The predicted octanol–water partition coefficient (Wildman–Crippen LogP) is 3.16. The van der Waals surface area contributed by atoms with Gasteiger partial charge < -0.3 is 25.5 Å². The van der Waals surface area contributed by atoms with Crippen LogP contribution in [0.5, 0.6) is 0 Å². The van der Waals surface area contributed by atoms with Gasteiger partial charge in [0.2, 0.25) is 11.8 Å². The van der Waals surface area contributed by atoms with E-state index in [0.29, 0.717) is 6.42 Å². The molecule has 2 fully saturated rings. The molecule has 0 saturated carbocycles. The summed E-state index contributed by atoms with van der Waals surface area (Å²) in [6, 6.07) is -1.13. The standard InChI is InChI=1S/C11H21NO3.C9H16F2N2O.C4H7NO.CHN/c1-5-6-7-9(8-13)12-10(14)15-11(2,3)4;1-6(2)12-8(14)7-4-9(10,11)5-13(7)3;6-4-2-1-3-5-4;1-2/h8-9H,5-7H2,1-4H3,(H,12,14);6-7H,4-5H2,1-3H3,(H,12,14);1-3H2,(H,5,6);1H/t9-;;;/m0.../s1. The van der Waals surface area contributed by atoms with Crippen molar-refractivity contribution in [3.63, 3.8) is 0 Å². The zero-order valence-electron chi connectivity index (χ0n) is 23.2. The third-order valence-corrected chi connectivity index (χ3v) is 4.88. The molecule has 1 unspecified atom stereocenters. The van der Waals surface area contributed by atoms with Crippen molar-refractivity contribution < 1.29 is 32.7 Å². The molecule has 37 heavy (non-hydrogen) atoms. The highest BCUT2D eigenvalue weighted by atomic mass is 19.3. The number of nitrogens with one attached hydrogen (secondary N) is 3. The first-order valence-electron chi connectivity index (χ1n) is 12.5. The first kappa shape index (κ1) is 36.3. The van der Waals surface area contributed by atoms with Crippen LogP contribution >= 0.6 is 0 Å². The number of amides is 3. The molecule has 3 amide bonds. The van der Waals surface area contributed by atoms with Crippen LogP contribution in [0, 0.1) is 11.8 Å². The molecule has 10 nitrogen and oxygen atoms in total. The molecule has 2 aliphatic heterocycles. The van der Waals surface area contributed by atoms with E-state index in [1.165, 1.54) is 4.90 Å². The zero-order valence-corrected chi connectivity index (χ0v) is 23.2. The van der Waals surface area contributed by atoms with Gasteiger partial charge in [-0.05, 0) is 54.5 Å². The van der Waals surface area contributed by atoms with Crippen molar-refractivity contribution in [1.29, 1.82) is 5.26 Å². The maximum absolute atomic E-state index is 12.9. The van der Waals surface area contributed by atoms with Gasteiger partial charge in [-0.3, -0.25) is 14.5 Å². The topological polar surface area (TPSA) is 141 Å². The Morgan fingerprint density at radius 2 is 1.89 bits per heavy atom. The summed E-state index contributed by atoms with van der Waals surface area (Å²) < 4.78 is 30.9. The van der Waals surface area contributed by atoms with Gasteiger partial charge in [-0.2, -0.15) is 0 Å². The van der Waals surface area contributed by atoms with E-state index in [9.17, 15) is 28.0 Å². The number of alkyl halides is 2. The first-order valence-corrected chi connectivity index (χ1v) is 12.5. The molecule has 0 spiro atoms. The van der Waals surface area contributed by atoms with E-state index in [1.807, 2.05) is 20.8 Å². The van der Waals surface area contributed by atoms with Crippen LogP contribution in [0.3, 0.4) is 0 Å². The Morgan fingerprint density at radius 3 is 2.22 bits per heavy atom. The van der Waals surface area contributed by atoms with Crippen LogP contribution in [0.2, 0.25) is 0 Å². The van der Waals surface area contributed by atoms with Crippen LogP contribution in [0.1, 0.15) is 80.1 Å². The Kier molecular flexibility index (Phi) is 18.1. The molecule has 0 bridgehead atoms. The summed E-state index contributed by atoms with van der Waals surface area (Å²) in [6.07, 6.45) is 4.19. The number of rotatable bonds is 7. The zero-order chi connectivity index (χ0) is 29.2. The Morgan fingerprint density at radius 1 is 1.30 bits per heavy atom. The number of nitriles is 1. The maximum Gasteiger partial charge on any atom is 0.408 e. The second-order valence-corrected chi connectivity index (χ2v) is 10.1. The molecule has 0 radical (unpaired) electrons. The van der Waals surface area contributed by atoms with Gasteiger partial charge in [0, 0.05) is 32.0 Å². The van der Waals surface area contributed by atoms with E-state index in [-0.39, 0.29) is 30.8 Å². The number of ether oxygens (including phenoxy) is 1. The fraction of sp³-hybridized carbons (Fsp3) is 0.800. The number of halogens is 2. The molecule has 0 aromatic rings. The maximum atomic E-state index is 12.9. The van der Waals surface area contributed by atoms with Gasteiger partial charge >= 0.3 is 6.09 Å². The number of carbonyl (C=O) groups is 4. The summed E-state index contributed by atoms with van der Waals surface area (Å²) in [5, 5.41) is 14.3. The van der Waals surface area contributed by atoms with Gasteiger partial charge in [-0.1, -0.05) is 19.8 Å². The minimum atomic E-state index is -2.73. The Bertz CT molecular complexity index is 718. The molecule has 2 rings (SSSR count). The number of nitrogens with zero attached hydrogens (tertiary/aromatic N) is 2. The lowest BCUT2D eigenvalue weighted by Gasteiger charge is -2.21. The average Bonchev–Trinajstić information content (AvgIpc) is 3.36. The number of likely N-dealkylation sites (N-methyl/N-ethyl adjacent to an activating group) is 1. The van der Waals surface area contributed by atoms with Crippen LogP contribution in [0.4, 0.5) is 13.6 Å². The van der Waals surface area contributed by atoms with Crippen molar-refractivity contribution >= 4 is 24.2 Å². The monoisotopic (exact) mass is 533 g/mol. The molecule has 2 atom stereocenters. The normalized spacial score (nSPS) is 18.9. The van der Waals surface area contributed by atoms with Gasteiger partial charge in [0.1, 0.15) is 11.9 Å². The number of likely N-dealkylation sites (tertiary alicyclic amines) is 1. The van der Waals surface area contributed by atoms with Gasteiger partial charge in [0.25, 0.3) is 5.92 Å². The quantitative estimate of drug-likeness (QED) is 0.427. The highest BCUT2D eigenvalue weighted by molar-refractivity contribution is 5.82. The fourth-order valence-electron chi connectivity index (χ4n) is 3.27. The summed E-state index contributed by atoms with van der Waals surface area (Å²) in [5.41, 5.74) is -0.526. The highest BCUT2D eigenvalue weighted by Crippen LogP contribution is 2.30. The summed E-state index contributed by atoms with van der Waals surface area (Å²) in [7, 11) is 1.55. The lowest BCUT2D eigenvalue weighted by atomic mass is 10.1. The molecule has 214 valence electrons. The first-order chi connectivity index (χ1) is 17.1. The third kappa shape index (κ3) is 19.0. The summed E-state index contributed by atoms with van der Waals surface area (Å²) in [5.74, 6) is -2.83. The largest absolute Gasteiger partial charge is 0.444 e. The van der Waals surface area contributed by atoms with Crippen molar-refractivity contribution in [3.8, 4) is 6.57 Å². The van der Waals surface area contributed by atoms with E-state index in [1.54, 1.807) is 27.8 Å². The minimum Gasteiger partial charge on any atom is -0.444 e. The molecule has 0 aromatic heterocycles. The van der Waals surface area contributed by atoms with E-state index >= 15 is 0 Å².